The van der Waals surface area contributed by atoms with Crippen molar-refractivity contribution in [3.63, 3.8) is 0 Å². The van der Waals surface area contributed by atoms with Gasteiger partial charge in [-0.2, -0.15) is 0 Å². The molecular weight excluding hydrogens is 262 g/mol. The number of nitrogens with zero attached hydrogens (tertiary/aromatic N) is 1. The van der Waals surface area contributed by atoms with Crippen LogP contribution >= 0.6 is 0 Å². The third kappa shape index (κ3) is 4.07. The van der Waals surface area contributed by atoms with Crippen LogP contribution in [0.2, 0.25) is 0 Å². The van der Waals surface area contributed by atoms with Crippen LogP contribution in [0.25, 0.3) is 0 Å². The molecule has 1 aliphatic rings. The lowest BCUT2D eigenvalue weighted by molar-refractivity contribution is -0.126. The lowest BCUT2D eigenvalue weighted by Gasteiger charge is -2.34. The largest absolute Gasteiger partial charge is 0.459 e. The molecule has 20 heavy (non-hydrogen) atoms. The van der Waals surface area contributed by atoms with E-state index in [4.69, 9.17) is 9.15 Å². The van der Waals surface area contributed by atoms with Crippen LogP contribution in [-0.2, 0) is 9.53 Å². The zero-order chi connectivity index (χ0) is 14.5. The van der Waals surface area contributed by atoms with Crippen molar-refractivity contribution in [1.29, 1.82) is 0 Å². The second-order valence-corrected chi connectivity index (χ2v) is 4.93. The first-order valence-electron chi connectivity index (χ1n) is 6.55. The molecule has 2 amide bonds. The van der Waals surface area contributed by atoms with Gasteiger partial charge in [-0.25, -0.2) is 0 Å². The van der Waals surface area contributed by atoms with Gasteiger partial charge in [-0.05, 0) is 26.0 Å². The fourth-order valence-corrected chi connectivity index (χ4v) is 2.25. The lowest BCUT2D eigenvalue weighted by Crippen LogP contribution is -2.51. The van der Waals surface area contributed by atoms with Gasteiger partial charge in [0.25, 0.3) is 5.91 Å². The van der Waals surface area contributed by atoms with E-state index in [1.165, 1.54) is 12.3 Å². The molecule has 2 rings (SSSR count). The maximum atomic E-state index is 11.8. The van der Waals surface area contributed by atoms with E-state index in [9.17, 15) is 9.59 Å². The first kappa shape index (κ1) is 14.5. The van der Waals surface area contributed by atoms with Gasteiger partial charge in [-0.3, -0.25) is 25.3 Å². The average Bonchev–Trinajstić information content (AvgIpc) is 2.88. The Morgan fingerprint density at radius 1 is 1.30 bits per heavy atom. The SMILES string of the molecule is C[C@@H]1CN(CC(=O)NNC(=O)c2ccco2)C[C@@H](C)O1. The fraction of sp³-hybridized carbons (Fsp3) is 0.538. The second kappa shape index (κ2) is 6.53. The first-order valence-corrected chi connectivity index (χ1v) is 6.55. The van der Waals surface area contributed by atoms with Gasteiger partial charge in [0.2, 0.25) is 0 Å². The van der Waals surface area contributed by atoms with Gasteiger partial charge in [-0.15, -0.1) is 0 Å². The highest BCUT2D eigenvalue weighted by molar-refractivity contribution is 5.93. The molecule has 0 aliphatic carbocycles. The number of amides is 2. The minimum absolute atomic E-state index is 0.101. The van der Waals surface area contributed by atoms with Gasteiger partial charge in [0.05, 0.1) is 25.0 Å². The van der Waals surface area contributed by atoms with Gasteiger partial charge in [0.1, 0.15) is 0 Å². The molecule has 0 unspecified atom stereocenters. The average molecular weight is 281 g/mol. The Morgan fingerprint density at radius 3 is 2.60 bits per heavy atom. The van der Waals surface area contributed by atoms with Crippen molar-refractivity contribution in [2.24, 2.45) is 0 Å². The molecule has 2 heterocycles. The van der Waals surface area contributed by atoms with Crippen molar-refractivity contribution in [2.75, 3.05) is 19.6 Å². The van der Waals surface area contributed by atoms with Crippen LogP contribution in [0.5, 0.6) is 0 Å². The Labute approximate surface area is 117 Å². The van der Waals surface area contributed by atoms with Crippen LogP contribution in [0.3, 0.4) is 0 Å². The topological polar surface area (TPSA) is 83.8 Å². The molecule has 7 nitrogen and oxygen atoms in total. The van der Waals surface area contributed by atoms with E-state index in [1.807, 2.05) is 18.7 Å². The first-order chi connectivity index (χ1) is 9.54. The summed E-state index contributed by atoms with van der Waals surface area (Å²) >= 11 is 0. The summed E-state index contributed by atoms with van der Waals surface area (Å²) in [5, 5.41) is 0. The summed E-state index contributed by atoms with van der Waals surface area (Å²) in [5.74, 6) is -0.600. The Hall–Kier alpha value is -1.86. The second-order valence-electron chi connectivity index (χ2n) is 4.93. The van der Waals surface area contributed by atoms with E-state index < -0.39 is 5.91 Å². The van der Waals surface area contributed by atoms with Crippen molar-refractivity contribution in [3.8, 4) is 0 Å². The van der Waals surface area contributed by atoms with Gasteiger partial charge in [0.15, 0.2) is 5.76 Å². The zero-order valence-electron chi connectivity index (χ0n) is 11.6. The Morgan fingerprint density at radius 2 is 2.00 bits per heavy atom. The molecule has 0 aromatic carbocycles. The van der Waals surface area contributed by atoms with Gasteiger partial charge in [0, 0.05) is 13.1 Å². The summed E-state index contributed by atoms with van der Waals surface area (Å²) in [4.78, 5) is 25.3. The highest BCUT2D eigenvalue weighted by atomic mass is 16.5. The molecule has 7 heteroatoms. The number of morpholine rings is 1. The number of rotatable bonds is 3. The predicted octanol–water partition coefficient (Wildman–Crippen LogP) is 0.150. The number of ether oxygens (including phenoxy) is 1. The third-order valence-electron chi connectivity index (χ3n) is 2.92. The summed E-state index contributed by atoms with van der Waals surface area (Å²) < 4.78 is 10.5. The number of carbonyl (C=O) groups excluding carboxylic acids is 2. The summed E-state index contributed by atoms with van der Waals surface area (Å²) in [5.41, 5.74) is 4.67. The predicted molar refractivity (Wildman–Crippen MR) is 70.8 cm³/mol. The van der Waals surface area contributed by atoms with Crippen molar-refractivity contribution in [1.82, 2.24) is 15.8 Å². The molecule has 0 radical (unpaired) electrons. The lowest BCUT2D eigenvalue weighted by atomic mass is 10.2. The zero-order valence-corrected chi connectivity index (χ0v) is 11.6. The maximum absolute atomic E-state index is 11.8. The van der Waals surface area contributed by atoms with Gasteiger partial charge in [-0.1, -0.05) is 0 Å². The Balaban J connectivity index is 1.74. The fourth-order valence-electron chi connectivity index (χ4n) is 2.25. The Kier molecular flexibility index (Phi) is 4.75. The van der Waals surface area contributed by atoms with Crippen LogP contribution in [-0.4, -0.2) is 48.6 Å². The molecular formula is C13H19N3O4. The van der Waals surface area contributed by atoms with Crippen LogP contribution < -0.4 is 10.9 Å². The highest BCUT2D eigenvalue weighted by Crippen LogP contribution is 2.09. The molecule has 110 valence electrons. The minimum Gasteiger partial charge on any atom is -0.459 e. The quantitative estimate of drug-likeness (QED) is 0.771. The normalized spacial score (nSPS) is 23.3. The summed E-state index contributed by atoms with van der Waals surface area (Å²) in [7, 11) is 0. The molecule has 2 N–H and O–H groups in total. The minimum atomic E-state index is -0.480. The van der Waals surface area contributed by atoms with E-state index in [1.54, 1.807) is 6.07 Å². The summed E-state index contributed by atoms with van der Waals surface area (Å²) in [6.45, 7) is 5.56. The van der Waals surface area contributed by atoms with Gasteiger partial charge >= 0.3 is 5.91 Å². The van der Waals surface area contributed by atoms with Crippen LogP contribution in [0, 0.1) is 0 Å². The molecule has 0 bridgehead atoms. The van der Waals surface area contributed by atoms with E-state index >= 15 is 0 Å². The molecule has 1 saturated heterocycles. The van der Waals surface area contributed by atoms with E-state index in [-0.39, 0.29) is 30.4 Å². The van der Waals surface area contributed by atoms with E-state index in [2.05, 4.69) is 10.9 Å². The monoisotopic (exact) mass is 281 g/mol. The van der Waals surface area contributed by atoms with E-state index in [0.29, 0.717) is 13.1 Å². The molecule has 0 saturated carbocycles. The summed E-state index contributed by atoms with van der Waals surface area (Å²) in [6, 6.07) is 3.13. The number of nitrogens with one attached hydrogen (secondary N) is 2. The highest BCUT2D eigenvalue weighted by Gasteiger charge is 2.23. The van der Waals surface area contributed by atoms with Crippen molar-refractivity contribution < 1.29 is 18.7 Å². The Bertz CT molecular complexity index is 450. The molecule has 2 atom stereocenters. The number of hydrazine groups is 1. The van der Waals surface area contributed by atoms with E-state index in [0.717, 1.165) is 0 Å². The molecule has 1 fully saturated rings. The van der Waals surface area contributed by atoms with Crippen LogP contribution in [0.15, 0.2) is 22.8 Å². The molecule has 1 aromatic rings. The van der Waals surface area contributed by atoms with Crippen LogP contribution in [0.4, 0.5) is 0 Å². The molecule has 1 aromatic heterocycles. The third-order valence-corrected chi connectivity index (χ3v) is 2.92. The number of furan rings is 1. The number of hydrogen-bond donors (Lipinski definition) is 2. The number of carbonyl (C=O) groups is 2. The standard InChI is InChI=1S/C13H19N3O4/c1-9-6-16(7-10(2)20-9)8-12(17)14-15-13(18)11-4-3-5-19-11/h3-5,9-10H,6-8H2,1-2H3,(H,14,17)(H,15,18)/t9-,10-/m1/s1. The molecule has 0 spiro atoms. The molecule has 1 aliphatic heterocycles. The number of hydrogen-bond acceptors (Lipinski definition) is 5. The van der Waals surface area contributed by atoms with Crippen molar-refractivity contribution in [2.45, 2.75) is 26.1 Å². The van der Waals surface area contributed by atoms with Gasteiger partial charge < -0.3 is 9.15 Å². The van der Waals surface area contributed by atoms with Crippen LogP contribution in [0.1, 0.15) is 24.4 Å². The maximum Gasteiger partial charge on any atom is 0.305 e. The van der Waals surface area contributed by atoms with Crippen molar-refractivity contribution in [3.05, 3.63) is 24.2 Å². The van der Waals surface area contributed by atoms with Crippen molar-refractivity contribution >= 4 is 11.8 Å². The smallest absolute Gasteiger partial charge is 0.305 e. The summed E-state index contributed by atoms with van der Waals surface area (Å²) in [6.07, 6.45) is 1.60.